The van der Waals surface area contributed by atoms with Gasteiger partial charge in [-0.05, 0) is 38.4 Å². The minimum absolute atomic E-state index is 0.709. The molecule has 1 aromatic rings. The van der Waals surface area contributed by atoms with Crippen LogP contribution in [0.25, 0.3) is 6.08 Å². The van der Waals surface area contributed by atoms with Crippen LogP contribution in [0.1, 0.15) is 32.8 Å². The number of nitrogens with one attached hydrogen (secondary N) is 1. The summed E-state index contributed by atoms with van der Waals surface area (Å²) in [5.74, 6) is 1.68. The predicted molar refractivity (Wildman–Crippen MR) is 79.0 cm³/mol. The van der Waals surface area contributed by atoms with Crippen LogP contribution in [-0.4, -0.2) is 19.7 Å². The Morgan fingerprint density at radius 3 is 2.78 bits per heavy atom. The highest BCUT2D eigenvalue weighted by atomic mass is 16.5. The van der Waals surface area contributed by atoms with Crippen molar-refractivity contribution in [3.8, 4) is 5.75 Å². The Balaban J connectivity index is 2.37. The van der Waals surface area contributed by atoms with Crippen molar-refractivity contribution in [2.75, 3.05) is 19.7 Å². The van der Waals surface area contributed by atoms with E-state index >= 15 is 0 Å². The Kier molecular flexibility index (Phi) is 7.19. The first-order valence-electron chi connectivity index (χ1n) is 6.83. The van der Waals surface area contributed by atoms with Crippen LogP contribution >= 0.6 is 0 Å². The van der Waals surface area contributed by atoms with Crippen molar-refractivity contribution in [2.45, 2.75) is 27.2 Å². The molecule has 0 heterocycles. The van der Waals surface area contributed by atoms with Gasteiger partial charge in [-0.25, -0.2) is 0 Å². The first-order valence-corrected chi connectivity index (χ1v) is 6.83. The zero-order valence-electron chi connectivity index (χ0n) is 11.8. The maximum atomic E-state index is 5.58. The monoisotopic (exact) mass is 247 g/mol. The quantitative estimate of drug-likeness (QED) is 0.707. The molecular weight excluding hydrogens is 222 g/mol. The number of rotatable bonds is 8. The molecular formula is C16H25NO. The highest BCUT2D eigenvalue weighted by Crippen LogP contribution is 2.19. The van der Waals surface area contributed by atoms with Gasteiger partial charge in [-0.1, -0.05) is 44.2 Å². The summed E-state index contributed by atoms with van der Waals surface area (Å²) in [6, 6.07) is 8.15. The molecule has 0 aliphatic heterocycles. The van der Waals surface area contributed by atoms with Gasteiger partial charge in [0.15, 0.2) is 0 Å². The van der Waals surface area contributed by atoms with Crippen molar-refractivity contribution in [1.29, 1.82) is 0 Å². The van der Waals surface area contributed by atoms with Crippen molar-refractivity contribution < 1.29 is 4.74 Å². The zero-order chi connectivity index (χ0) is 13.2. The Hall–Kier alpha value is -1.28. The second-order valence-electron chi connectivity index (χ2n) is 4.76. The van der Waals surface area contributed by atoms with Gasteiger partial charge in [0.25, 0.3) is 0 Å². The SMILES string of the molecule is CCOc1ccccc1/C=C/CCNCC(C)C. The van der Waals surface area contributed by atoms with Crippen molar-refractivity contribution in [1.82, 2.24) is 5.32 Å². The molecule has 0 atom stereocenters. The molecule has 0 aliphatic rings. The van der Waals surface area contributed by atoms with Gasteiger partial charge in [-0.2, -0.15) is 0 Å². The molecule has 100 valence electrons. The van der Waals surface area contributed by atoms with E-state index in [4.69, 9.17) is 4.74 Å². The van der Waals surface area contributed by atoms with Crippen molar-refractivity contribution in [3.05, 3.63) is 35.9 Å². The Bertz CT molecular complexity index is 358. The topological polar surface area (TPSA) is 21.3 Å². The maximum absolute atomic E-state index is 5.58. The molecule has 0 aliphatic carbocycles. The molecule has 0 amide bonds. The van der Waals surface area contributed by atoms with Gasteiger partial charge in [0, 0.05) is 5.56 Å². The summed E-state index contributed by atoms with van der Waals surface area (Å²) in [5, 5.41) is 3.43. The van der Waals surface area contributed by atoms with Crippen LogP contribution in [0.5, 0.6) is 5.75 Å². The number of para-hydroxylation sites is 1. The average molecular weight is 247 g/mol. The van der Waals surface area contributed by atoms with E-state index in [9.17, 15) is 0 Å². The van der Waals surface area contributed by atoms with Crippen LogP contribution in [0.2, 0.25) is 0 Å². The molecule has 18 heavy (non-hydrogen) atoms. The lowest BCUT2D eigenvalue weighted by atomic mass is 10.1. The third kappa shape index (κ3) is 5.87. The average Bonchev–Trinajstić information content (AvgIpc) is 2.35. The smallest absolute Gasteiger partial charge is 0.126 e. The summed E-state index contributed by atoms with van der Waals surface area (Å²) in [4.78, 5) is 0. The Morgan fingerprint density at radius 1 is 1.28 bits per heavy atom. The third-order valence-electron chi connectivity index (χ3n) is 2.56. The summed E-state index contributed by atoms with van der Waals surface area (Å²) < 4.78 is 5.58. The van der Waals surface area contributed by atoms with Crippen LogP contribution in [0, 0.1) is 5.92 Å². The molecule has 0 radical (unpaired) electrons. The largest absolute Gasteiger partial charge is 0.493 e. The highest BCUT2D eigenvalue weighted by molar-refractivity contribution is 5.57. The Labute approximate surface area is 111 Å². The number of hydrogen-bond acceptors (Lipinski definition) is 2. The lowest BCUT2D eigenvalue weighted by Gasteiger charge is -2.07. The molecule has 0 saturated heterocycles. The fraction of sp³-hybridized carbons (Fsp3) is 0.500. The van der Waals surface area contributed by atoms with E-state index in [2.05, 4.69) is 37.4 Å². The van der Waals surface area contributed by atoms with Crippen molar-refractivity contribution in [2.24, 2.45) is 5.92 Å². The number of benzene rings is 1. The van der Waals surface area contributed by atoms with Gasteiger partial charge in [-0.15, -0.1) is 0 Å². The molecule has 0 spiro atoms. The highest BCUT2D eigenvalue weighted by Gasteiger charge is 1.97. The minimum Gasteiger partial charge on any atom is -0.493 e. The zero-order valence-corrected chi connectivity index (χ0v) is 11.8. The Morgan fingerprint density at radius 2 is 2.06 bits per heavy atom. The number of ether oxygens (including phenoxy) is 1. The minimum atomic E-state index is 0.709. The summed E-state index contributed by atoms with van der Waals surface area (Å²) in [6.45, 7) is 9.29. The van der Waals surface area contributed by atoms with Crippen LogP contribution in [0.15, 0.2) is 30.3 Å². The van der Waals surface area contributed by atoms with E-state index in [1.165, 1.54) is 0 Å². The van der Waals surface area contributed by atoms with Gasteiger partial charge in [0.05, 0.1) is 6.61 Å². The first-order chi connectivity index (χ1) is 8.74. The molecule has 0 unspecified atom stereocenters. The van der Waals surface area contributed by atoms with Crippen LogP contribution < -0.4 is 10.1 Å². The normalized spacial score (nSPS) is 11.3. The molecule has 2 heteroatoms. The number of hydrogen-bond donors (Lipinski definition) is 1. The summed E-state index contributed by atoms with van der Waals surface area (Å²) in [5.41, 5.74) is 1.16. The standard InChI is InChI=1S/C16H25NO/c1-4-18-16-11-6-5-9-15(16)10-7-8-12-17-13-14(2)3/h5-7,9-11,14,17H,4,8,12-13H2,1-3H3/b10-7+. The predicted octanol–water partition coefficient (Wildman–Crippen LogP) is 3.73. The van der Waals surface area contributed by atoms with E-state index in [0.29, 0.717) is 12.5 Å². The van der Waals surface area contributed by atoms with Gasteiger partial charge in [0.1, 0.15) is 5.75 Å². The summed E-state index contributed by atoms with van der Waals surface area (Å²) in [7, 11) is 0. The van der Waals surface area contributed by atoms with Gasteiger partial charge in [-0.3, -0.25) is 0 Å². The molecule has 1 aromatic carbocycles. The molecule has 2 nitrogen and oxygen atoms in total. The van der Waals surface area contributed by atoms with E-state index in [1.807, 2.05) is 25.1 Å². The lowest BCUT2D eigenvalue weighted by Crippen LogP contribution is -2.20. The second-order valence-corrected chi connectivity index (χ2v) is 4.76. The van der Waals surface area contributed by atoms with E-state index in [1.54, 1.807) is 0 Å². The van der Waals surface area contributed by atoms with Crippen molar-refractivity contribution in [3.63, 3.8) is 0 Å². The summed E-state index contributed by atoms with van der Waals surface area (Å²) in [6.07, 6.45) is 5.39. The van der Waals surface area contributed by atoms with Crippen molar-refractivity contribution >= 4 is 6.08 Å². The molecule has 0 aromatic heterocycles. The van der Waals surface area contributed by atoms with Crippen LogP contribution in [-0.2, 0) is 0 Å². The van der Waals surface area contributed by atoms with E-state index < -0.39 is 0 Å². The second kappa shape index (κ2) is 8.76. The lowest BCUT2D eigenvalue weighted by molar-refractivity contribution is 0.339. The van der Waals surface area contributed by atoms with Crippen LogP contribution in [0.4, 0.5) is 0 Å². The van der Waals surface area contributed by atoms with E-state index in [0.717, 1.165) is 30.8 Å². The van der Waals surface area contributed by atoms with Gasteiger partial charge in [0.2, 0.25) is 0 Å². The molecule has 0 saturated carbocycles. The van der Waals surface area contributed by atoms with Gasteiger partial charge < -0.3 is 10.1 Å². The first kappa shape index (κ1) is 14.8. The molecule has 0 bridgehead atoms. The molecule has 0 fully saturated rings. The maximum Gasteiger partial charge on any atom is 0.126 e. The fourth-order valence-electron chi connectivity index (χ4n) is 1.69. The molecule has 1 N–H and O–H groups in total. The van der Waals surface area contributed by atoms with E-state index in [-0.39, 0.29) is 0 Å². The van der Waals surface area contributed by atoms with Crippen LogP contribution in [0.3, 0.4) is 0 Å². The molecule has 1 rings (SSSR count). The summed E-state index contributed by atoms with van der Waals surface area (Å²) >= 11 is 0. The van der Waals surface area contributed by atoms with Gasteiger partial charge >= 0.3 is 0 Å². The fourth-order valence-corrected chi connectivity index (χ4v) is 1.69. The third-order valence-corrected chi connectivity index (χ3v) is 2.56.